The lowest BCUT2D eigenvalue weighted by molar-refractivity contribution is 0.313. The molecule has 168 valence electrons. The van der Waals surface area contributed by atoms with Crippen LogP contribution in [-0.4, -0.2) is 12.8 Å². The van der Waals surface area contributed by atoms with E-state index in [0.717, 1.165) is 12.6 Å². The summed E-state index contributed by atoms with van der Waals surface area (Å²) in [5.74, 6) is -1.73. The largest absolute Gasteiger partial charge is 0.491 e. The van der Waals surface area contributed by atoms with Gasteiger partial charge in [-0.2, -0.15) is 4.39 Å². The second-order valence-electron chi connectivity index (χ2n) is 7.93. The van der Waals surface area contributed by atoms with Crippen molar-refractivity contribution in [2.75, 3.05) is 12.8 Å². The van der Waals surface area contributed by atoms with Crippen molar-refractivity contribution in [2.45, 2.75) is 19.8 Å². The quantitative estimate of drug-likeness (QED) is 0.266. The average Bonchev–Trinajstić information content (AvgIpc) is 2.88. The molecule has 0 saturated carbocycles. The third-order valence-electron chi connectivity index (χ3n) is 5.96. The summed E-state index contributed by atoms with van der Waals surface area (Å²) in [5.41, 5.74) is 0.392. The van der Waals surface area contributed by atoms with E-state index >= 15 is 0 Å². The molecule has 0 N–H and O–H groups in total. The monoisotopic (exact) mass is 461 g/mol. The lowest BCUT2D eigenvalue weighted by Crippen LogP contribution is -2.33. The molecular weight excluding hydrogens is 433 g/mol. The van der Waals surface area contributed by atoms with Crippen LogP contribution in [0.1, 0.15) is 18.9 Å². The van der Waals surface area contributed by atoms with Gasteiger partial charge in [0.25, 0.3) is 0 Å². The maximum absolute atomic E-state index is 14.7. The zero-order valence-corrected chi connectivity index (χ0v) is 19.6. The van der Waals surface area contributed by atoms with Crippen LogP contribution in [0.5, 0.6) is 5.75 Å². The molecule has 0 saturated heterocycles. The number of halogens is 2. The van der Waals surface area contributed by atoms with Crippen LogP contribution in [0.4, 0.5) is 8.78 Å². The molecule has 0 aliphatic heterocycles. The van der Waals surface area contributed by atoms with Crippen molar-refractivity contribution in [1.82, 2.24) is 0 Å². The Balaban J connectivity index is 1.72. The van der Waals surface area contributed by atoms with Crippen LogP contribution in [0.3, 0.4) is 0 Å². The van der Waals surface area contributed by atoms with Gasteiger partial charge in [-0.3, -0.25) is 0 Å². The number of aryl methyl sites for hydroxylation is 1. The highest BCUT2D eigenvalue weighted by molar-refractivity contribution is 7.95. The molecule has 4 aromatic carbocycles. The molecule has 4 aromatic rings. The van der Waals surface area contributed by atoms with Crippen LogP contribution in [0.2, 0.25) is 0 Å². The summed E-state index contributed by atoms with van der Waals surface area (Å²) in [5, 5.41) is 3.88. The van der Waals surface area contributed by atoms with Crippen molar-refractivity contribution in [3.8, 4) is 5.75 Å². The van der Waals surface area contributed by atoms with Crippen LogP contribution in [0.25, 0.3) is 0 Å². The second kappa shape index (κ2) is 10.7. The summed E-state index contributed by atoms with van der Waals surface area (Å²) in [7, 11) is -1.98. The van der Waals surface area contributed by atoms with Gasteiger partial charge in [-0.15, -0.1) is 0 Å². The van der Waals surface area contributed by atoms with E-state index in [4.69, 9.17) is 4.74 Å². The van der Waals surface area contributed by atoms with Gasteiger partial charge in [0, 0.05) is 0 Å². The van der Waals surface area contributed by atoms with Gasteiger partial charge in [-0.1, -0.05) is 60.7 Å². The molecule has 0 heterocycles. The van der Waals surface area contributed by atoms with Crippen LogP contribution >= 0.6 is 7.26 Å². The first-order valence-electron chi connectivity index (χ1n) is 11.3. The summed E-state index contributed by atoms with van der Waals surface area (Å²) in [6, 6.07) is 35.0. The molecule has 4 heteroatoms. The lowest BCUT2D eigenvalue weighted by Gasteiger charge is -2.27. The molecule has 0 aliphatic rings. The second-order valence-corrected chi connectivity index (χ2v) is 11.5. The Morgan fingerprint density at radius 2 is 1.12 bits per heavy atom. The van der Waals surface area contributed by atoms with Crippen molar-refractivity contribution >= 4 is 23.2 Å². The van der Waals surface area contributed by atoms with E-state index in [0.29, 0.717) is 18.6 Å². The maximum Gasteiger partial charge on any atom is 0.200 e. The minimum absolute atomic E-state index is 0.0292. The highest BCUT2D eigenvalue weighted by Gasteiger charge is 2.44. The maximum atomic E-state index is 14.7. The Bertz CT molecular complexity index is 1070. The molecule has 0 fully saturated rings. The zero-order chi connectivity index (χ0) is 23.1. The number of hydrogen-bond acceptors (Lipinski definition) is 1. The highest BCUT2D eigenvalue weighted by atomic mass is 31.2. The Labute approximate surface area is 195 Å². The van der Waals surface area contributed by atoms with Gasteiger partial charge >= 0.3 is 0 Å². The van der Waals surface area contributed by atoms with Gasteiger partial charge in [0.2, 0.25) is 5.82 Å². The zero-order valence-electron chi connectivity index (χ0n) is 18.8. The van der Waals surface area contributed by atoms with Crippen molar-refractivity contribution in [2.24, 2.45) is 0 Å². The summed E-state index contributed by atoms with van der Waals surface area (Å²) in [4.78, 5) is 0. The summed E-state index contributed by atoms with van der Waals surface area (Å²) >= 11 is 0. The normalized spacial score (nSPS) is 11.4. The van der Waals surface area contributed by atoms with E-state index in [1.165, 1.54) is 22.0 Å². The van der Waals surface area contributed by atoms with Gasteiger partial charge in [-0.05, 0) is 67.8 Å². The fraction of sp³-hybridized carbons (Fsp3) is 0.172. The summed E-state index contributed by atoms with van der Waals surface area (Å²) in [6.07, 6.45) is 2.06. The molecule has 0 unspecified atom stereocenters. The minimum atomic E-state index is -1.98. The molecule has 0 aliphatic carbocycles. The topological polar surface area (TPSA) is 9.23 Å². The van der Waals surface area contributed by atoms with E-state index in [-0.39, 0.29) is 5.75 Å². The average molecular weight is 462 g/mol. The number of ether oxygens (including phenoxy) is 1. The number of rotatable bonds is 9. The van der Waals surface area contributed by atoms with E-state index in [1.54, 1.807) is 13.0 Å². The summed E-state index contributed by atoms with van der Waals surface area (Å²) in [6.45, 7) is 2.05. The first-order chi connectivity index (χ1) is 16.2. The molecule has 0 bridgehead atoms. The van der Waals surface area contributed by atoms with Gasteiger partial charge in [0.1, 0.15) is 23.2 Å². The van der Waals surface area contributed by atoms with E-state index in [1.807, 2.05) is 18.2 Å². The fourth-order valence-electron chi connectivity index (χ4n) is 4.42. The van der Waals surface area contributed by atoms with Gasteiger partial charge in [-0.25, -0.2) is 4.39 Å². The molecule has 33 heavy (non-hydrogen) atoms. The fourth-order valence-corrected chi connectivity index (χ4v) is 8.77. The number of hydrogen-bond donors (Lipinski definition) is 0. The van der Waals surface area contributed by atoms with Crippen LogP contribution in [0, 0.1) is 11.6 Å². The Morgan fingerprint density at radius 3 is 1.58 bits per heavy atom. The van der Waals surface area contributed by atoms with Crippen molar-refractivity contribution in [3.05, 3.63) is 120 Å². The standard InChI is InChI=1S/C29H28F2OP/c1-2-32-27-21-20-23(28(30)29(27)31)13-12-22-33(24-14-6-3-7-15-24,25-16-8-4-9-17-25)26-18-10-5-11-19-26/h3-11,14-21H,2,12-13,22H2,1H3/q+1. The van der Waals surface area contributed by atoms with E-state index < -0.39 is 18.9 Å². The molecule has 0 amide bonds. The predicted octanol–water partition coefficient (Wildman–Crippen LogP) is 6.29. The molecule has 0 aromatic heterocycles. The highest BCUT2D eigenvalue weighted by Crippen LogP contribution is 2.55. The smallest absolute Gasteiger partial charge is 0.200 e. The predicted molar refractivity (Wildman–Crippen MR) is 136 cm³/mol. The SMILES string of the molecule is CCOc1ccc(CCC[P+](c2ccccc2)(c2ccccc2)c2ccccc2)c(F)c1F. The first-order valence-corrected chi connectivity index (χ1v) is 13.3. The Kier molecular flexibility index (Phi) is 7.52. The molecule has 4 rings (SSSR count). The van der Waals surface area contributed by atoms with Crippen LogP contribution in [0.15, 0.2) is 103 Å². The van der Waals surface area contributed by atoms with E-state index in [2.05, 4.69) is 72.8 Å². The van der Waals surface area contributed by atoms with E-state index in [9.17, 15) is 8.78 Å². The Hall–Kier alpha value is -3.03. The van der Waals surface area contributed by atoms with Crippen molar-refractivity contribution in [1.29, 1.82) is 0 Å². The number of benzene rings is 4. The van der Waals surface area contributed by atoms with Gasteiger partial charge < -0.3 is 4.74 Å². The minimum Gasteiger partial charge on any atom is -0.491 e. The molecule has 0 atom stereocenters. The lowest BCUT2D eigenvalue weighted by atomic mass is 10.1. The molecule has 1 nitrogen and oxygen atoms in total. The van der Waals surface area contributed by atoms with Gasteiger partial charge in [0.15, 0.2) is 11.6 Å². The van der Waals surface area contributed by atoms with Gasteiger partial charge in [0.05, 0.1) is 12.8 Å². The summed E-state index contributed by atoms with van der Waals surface area (Å²) < 4.78 is 34.3. The third kappa shape index (κ3) is 4.84. The molecular formula is C29H28F2OP+. The van der Waals surface area contributed by atoms with Crippen LogP contribution in [-0.2, 0) is 6.42 Å². The van der Waals surface area contributed by atoms with Crippen LogP contribution < -0.4 is 20.7 Å². The molecule has 0 spiro atoms. The first kappa shape index (κ1) is 23.1. The van der Waals surface area contributed by atoms with Crippen molar-refractivity contribution in [3.63, 3.8) is 0 Å². The third-order valence-corrected chi connectivity index (χ3v) is 10.5. The van der Waals surface area contributed by atoms with Crippen molar-refractivity contribution < 1.29 is 13.5 Å². The Morgan fingerprint density at radius 1 is 0.636 bits per heavy atom. The molecule has 0 radical (unpaired) electrons.